The molecule has 2 aromatic heterocycles. The zero-order valence-electron chi connectivity index (χ0n) is 11.9. The summed E-state index contributed by atoms with van der Waals surface area (Å²) in [5, 5.41) is 1.61. The molecule has 0 bridgehead atoms. The molecule has 0 fully saturated rings. The first-order valence-electron chi connectivity index (χ1n) is 6.68. The van der Waals surface area contributed by atoms with E-state index < -0.39 is 11.7 Å². The van der Waals surface area contributed by atoms with E-state index in [1.807, 2.05) is 25.1 Å². The van der Waals surface area contributed by atoms with E-state index in [9.17, 15) is 13.6 Å². The summed E-state index contributed by atoms with van der Waals surface area (Å²) in [5.74, 6) is -3.09. The fourth-order valence-corrected chi connectivity index (χ4v) is 3.44. The van der Waals surface area contributed by atoms with Crippen molar-refractivity contribution in [3.63, 3.8) is 0 Å². The first-order valence-corrected chi connectivity index (χ1v) is 8.44. The standard InChI is InChI=1S/C15H15F2NO2S2/c1-10-4-2-5-11(18-10)6-3-8-20-14(19)13-12(7-9-21-13)22-15(16)17/h2,4-5,7,9,15H,3,6,8H2,1H3. The molecule has 0 atom stereocenters. The average Bonchev–Trinajstić information content (AvgIpc) is 2.91. The number of nitrogens with zero attached hydrogens (tertiary/aromatic N) is 1. The largest absolute Gasteiger partial charge is 0.461 e. The SMILES string of the molecule is Cc1cccc(CCCOC(=O)c2sccc2SC(F)F)n1. The third-order valence-electron chi connectivity index (χ3n) is 2.79. The quantitative estimate of drug-likeness (QED) is 0.420. The smallest absolute Gasteiger partial charge is 0.349 e. The Balaban J connectivity index is 1.79. The topological polar surface area (TPSA) is 39.2 Å². The van der Waals surface area contributed by atoms with Crippen LogP contribution in [-0.2, 0) is 11.2 Å². The Morgan fingerprint density at radius 3 is 2.95 bits per heavy atom. The Bertz CT molecular complexity index is 632. The van der Waals surface area contributed by atoms with Crippen molar-refractivity contribution in [2.75, 3.05) is 6.61 Å². The summed E-state index contributed by atoms with van der Waals surface area (Å²) in [6.07, 6.45) is 1.35. The Morgan fingerprint density at radius 1 is 1.41 bits per heavy atom. The molecule has 0 aliphatic carbocycles. The van der Waals surface area contributed by atoms with Crippen LogP contribution in [0.2, 0.25) is 0 Å². The van der Waals surface area contributed by atoms with Crippen LogP contribution >= 0.6 is 23.1 Å². The van der Waals surface area contributed by atoms with Gasteiger partial charge in [-0.3, -0.25) is 4.98 Å². The van der Waals surface area contributed by atoms with Gasteiger partial charge >= 0.3 is 5.97 Å². The first-order chi connectivity index (χ1) is 10.6. The lowest BCUT2D eigenvalue weighted by molar-refractivity contribution is 0.0502. The van der Waals surface area contributed by atoms with Crippen molar-refractivity contribution in [1.82, 2.24) is 4.98 Å². The number of ether oxygens (including phenoxy) is 1. The van der Waals surface area contributed by atoms with Gasteiger partial charge in [-0.1, -0.05) is 17.8 Å². The van der Waals surface area contributed by atoms with E-state index in [1.165, 1.54) is 6.07 Å². The highest BCUT2D eigenvalue weighted by Crippen LogP contribution is 2.32. The van der Waals surface area contributed by atoms with Gasteiger partial charge in [0.15, 0.2) is 0 Å². The van der Waals surface area contributed by atoms with E-state index in [0.717, 1.165) is 22.7 Å². The van der Waals surface area contributed by atoms with Crippen molar-refractivity contribution >= 4 is 29.1 Å². The van der Waals surface area contributed by atoms with Crippen molar-refractivity contribution < 1.29 is 18.3 Å². The van der Waals surface area contributed by atoms with Crippen molar-refractivity contribution in [3.8, 4) is 0 Å². The fraction of sp³-hybridized carbons (Fsp3) is 0.333. The highest BCUT2D eigenvalue weighted by Gasteiger charge is 2.18. The lowest BCUT2D eigenvalue weighted by Gasteiger charge is -2.05. The number of aromatic nitrogens is 1. The lowest BCUT2D eigenvalue weighted by atomic mass is 10.2. The van der Waals surface area contributed by atoms with E-state index >= 15 is 0 Å². The molecule has 0 radical (unpaired) electrons. The summed E-state index contributed by atoms with van der Waals surface area (Å²) in [7, 11) is 0. The number of hydrogen-bond acceptors (Lipinski definition) is 5. The summed E-state index contributed by atoms with van der Waals surface area (Å²) in [4.78, 5) is 16.8. The Labute approximate surface area is 135 Å². The molecule has 0 saturated carbocycles. The summed E-state index contributed by atoms with van der Waals surface area (Å²) in [5.41, 5.74) is 1.89. The van der Waals surface area contributed by atoms with Gasteiger partial charge in [0.2, 0.25) is 0 Å². The van der Waals surface area contributed by atoms with E-state index in [4.69, 9.17) is 4.74 Å². The minimum Gasteiger partial charge on any atom is -0.461 e. The van der Waals surface area contributed by atoms with E-state index in [-0.39, 0.29) is 16.4 Å². The monoisotopic (exact) mass is 343 g/mol. The highest BCUT2D eigenvalue weighted by atomic mass is 32.2. The minimum atomic E-state index is -2.55. The Kier molecular flexibility index (Phi) is 6.33. The predicted molar refractivity (Wildman–Crippen MR) is 83.8 cm³/mol. The molecular formula is C15H15F2NO2S2. The highest BCUT2D eigenvalue weighted by molar-refractivity contribution is 7.99. The summed E-state index contributed by atoms with van der Waals surface area (Å²) >= 11 is 1.48. The van der Waals surface area contributed by atoms with Crippen LogP contribution in [0.4, 0.5) is 8.78 Å². The maximum atomic E-state index is 12.4. The van der Waals surface area contributed by atoms with Crippen molar-refractivity contribution in [2.45, 2.75) is 30.4 Å². The van der Waals surface area contributed by atoms with Gasteiger partial charge < -0.3 is 4.74 Å². The molecule has 0 spiro atoms. The molecule has 2 aromatic rings. The van der Waals surface area contributed by atoms with Gasteiger partial charge in [0.05, 0.1) is 6.61 Å². The second-order valence-corrected chi connectivity index (χ2v) is 6.45. The zero-order valence-corrected chi connectivity index (χ0v) is 13.6. The fourth-order valence-electron chi connectivity index (χ4n) is 1.86. The number of hydrogen-bond donors (Lipinski definition) is 0. The van der Waals surface area contributed by atoms with Crippen LogP contribution in [0.25, 0.3) is 0 Å². The molecule has 0 saturated heterocycles. The number of halogens is 2. The van der Waals surface area contributed by atoms with Crippen molar-refractivity contribution in [1.29, 1.82) is 0 Å². The first kappa shape index (κ1) is 16.9. The van der Waals surface area contributed by atoms with Gasteiger partial charge in [0.1, 0.15) is 4.88 Å². The van der Waals surface area contributed by atoms with Gasteiger partial charge in [-0.05, 0) is 43.3 Å². The second-order valence-electron chi connectivity index (χ2n) is 4.50. The van der Waals surface area contributed by atoms with E-state index in [1.54, 1.807) is 5.38 Å². The van der Waals surface area contributed by atoms with E-state index in [0.29, 0.717) is 24.6 Å². The maximum absolute atomic E-state index is 12.4. The molecule has 0 N–H and O–H groups in total. The molecular weight excluding hydrogens is 328 g/mol. The maximum Gasteiger partial charge on any atom is 0.349 e. The van der Waals surface area contributed by atoms with Crippen LogP contribution in [0, 0.1) is 6.92 Å². The number of esters is 1. The number of carbonyl (C=O) groups excluding carboxylic acids is 1. The van der Waals surface area contributed by atoms with Crippen LogP contribution in [0.5, 0.6) is 0 Å². The molecule has 0 unspecified atom stereocenters. The van der Waals surface area contributed by atoms with Crippen LogP contribution < -0.4 is 0 Å². The number of pyridine rings is 1. The number of thioether (sulfide) groups is 1. The normalized spacial score (nSPS) is 10.9. The van der Waals surface area contributed by atoms with Gasteiger partial charge in [-0.25, -0.2) is 4.79 Å². The Morgan fingerprint density at radius 2 is 2.23 bits per heavy atom. The van der Waals surface area contributed by atoms with Crippen molar-refractivity contribution in [3.05, 3.63) is 45.9 Å². The van der Waals surface area contributed by atoms with Crippen molar-refractivity contribution in [2.24, 2.45) is 0 Å². The molecule has 2 rings (SSSR count). The third-order valence-corrected chi connectivity index (χ3v) is 4.58. The molecule has 0 aromatic carbocycles. The molecule has 7 heteroatoms. The molecule has 0 aliphatic rings. The minimum absolute atomic E-state index is 0.235. The summed E-state index contributed by atoms with van der Waals surface area (Å²) in [6.45, 7) is 2.16. The summed E-state index contributed by atoms with van der Waals surface area (Å²) in [6, 6.07) is 7.28. The van der Waals surface area contributed by atoms with Gasteiger partial charge in [-0.2, -0.15) is 8.78 Å². The lowest BCUT2D eigenvalue weighted by Crippen LogP contribution is -2.07. The van der Waals surface area contributed by atoms with E-state index in [2.05, 4.69) is 4.98 Å². The molecule has 2 heterocycles. The van der Waals surface area contributed by atoms with Crippen LogP contribution in [0.1, 0.15) is 27.5 Å². The molecule has 22 heavy (non-hydrogen) atoms. The Hall–Kier alpha value is -1.47. The van der Waals surface area contributed by atoms with Gasteiger partial charge in [0, 0.05) is 16.3 Å². The zero-order chi connectivity index (χ0) is 15.9. The van der Waals surface area contributed by atoms with Crippen LogP contribution in [0.15, 0.2) is 34.5 Å². The molecule has 0 amide bonds. The van der Waals surface area contributed by atoms with Gasteiger partial charge in [0.25, 0.3) is 5.76 Å². The number of carbonyl (C=O) groups is 1. The molecule has 3 nitrogen and oxygen atoms in total. The summed E-state index contributed by atoms with van der Waals surface area (Å²) < 4.78 is 29.9. The van der Waals surface area contributed by atoms with Crippen LogP contribution in [-0.4, -0.2) is 23.3 Å². The third kappa shape index (κ3) is 5.06. The predicted octanol–water partition coefficient (Wildman–Crippen LogP) is 4.56. The number of aryl methyl sites for hydroxylation is 2. The van der Waals surface area contributed by atoms with Crippen LogP contribution in [0.3, 0.4) is 0 Å². The average molecular weight is 343 g/mol. The van der Waals surface area contributed by atoms with Gasteiger partial charge in [-0.15, -0.1) is 11.3 Å². The number of rotatable bonds is 7. The number of alkyl halides is 2. The molecule has 0 aliphatic heterocycles. The molecule has 118 valence electrons. The number of thiophene rings is 1. The second kappa shape index (κ2) is 8.24.